The Hall–Kier alpha value is -1.41. The molecule has 2 aliphatic rings. The van der Waals surface area contributed by atoms with Crippen LogP contribution in [-0.2, 0) is 11.2 Å². The van der Waals surface area contributed by atoms with Crippen LogP contribution in [0.4, 0.5) is 0 Å². The molecule has 3 rings (SSSR count). The molecule has 0 amide bonds. The van der Waals surface area contributed by atoms with Crippen LogP contribution < -0.4 is 0 Å². The fourth-order valence-electron chi connectivity index (χ4n) is 3.80. The maximum Gasteiger partial charge on any atom is 0.158 e. The molecule has 0 aromatic heterocycles. The minimum atomic E-state index is -1.45. The van der Waals surface area contributed by atoms with Crippen molar-refractivity contribution in [3.05, 3.63) is 52.2 Å². The van der Waals surface area contributed by atoms with Crippen molar-refractivity contribution in [3.63, 3.8) is 0 Å². The van der Waals surface area contributed by atoms with Gasteiger partial charge in [-0.15, -0.1) is 0 Å². The van der Waals surface area contributed by atoms with Gasteiger partial charge in [-0.05, 0) is 35.1 Å². The van der Waals surface area contributed by atoms with E-state index in [1.54, 1.807) is 0 Å². The van der Waals surface area contributed by atoms with Crippen molar-refractivity contribution < 1.29 is 4.79 Å². The van der Waals surface area contributed by atoms with E-state index >= 15 is 0 Å². The molecule has 0 unspecified atom stereocenters. The molecule has 1 aromatic rings. The quantitative estimate of drug-likeness (QED) is 0.732. The number of allylic oxidation sites excluding steroid dienone is 4. The first kappa shape index (κ1) is 14.5. The Bertz CT molecular complexity index is 658. The minimum absolute atomic E-state index is 0.324. The molecule has 0 radical (unpaired) electrons. The number of carbonyl (C=O) groups excluding carboxylic acids is 1. The average molecular weight is 296 g/mol. The van der Waals surface area contributed by atoms with Gasteiger partial charge in [0, 0.05) is 12.3 Å². The van der Waals surface area contributed by atoms with E-state index in [0.29, 0.717) is 18.1 Å². The molecule has 0 bridgehead atoms. The average Bonchev–Trinajstić information content (AvgIpc) is 2.83. The number of hydrogen-bond acceptors (Lipinski definition) is 1. The molecule has 2 aliphatic carbocycles. The summed E-state index contributed by atoms with van der Waals surface area (Å²) in [4.78, 5) is 12.7. The molecule has 1 atom stereocenters. The predicted octanol–water partition coefficient (Wildman–Crippen LogP) is 4.80. The van der Waals surface area contributed by atoms with Crippen molar-refractivity contribution in [3.8, 4) is 0 Å². The Labute approximate surface area is 128 Å². The molecular weight excluding hydrogens is 272 g/mol. The largest absolute Gasteiger partial charge is 0.295 e. The Balaban J connectivity index is 2.12. The molecule has 0 aliphatic heterocycles. The summed E-state index contributed by atoms with van der Waals surface area (Å²) in [5.41, 5.74) is 5.36. The third-order valence-electron chi connectivity index (χ3n) is 4.85. The van der Waals surface area contributed by atoms with Crippen LogP contribution in [0.2, 0.25) is 19.6 Å². The maximum absolute atomic E-state index is 12.7. The number of Topliss-reactive ketones (excluding diaryl/α,β-unsaturated/α-hetero) is 1. The molecule has 0 fully saturated rings. The minimum Gasteiger partial charge on any atom is -0.295 e. The van der Waals surface area contributed by atoms with Gasteiger partial charge in [-0.25, -0.2) is 0 Å². The number of ketones is 1. The van der Waals surface area contributed by atoms with Crippen LogP contribution >= 0.6 is 0 Å². The van der Waals surface area contributed by atoms with Crippen LogP contribution in [0.1, 0.15) is 30.9 Å². The normalized spacial score (nSPS) is 21.0. The fourth-order valence-corrected chi connectivity index (χ4v) is 5.64. The summed E-state index contributed by atoms with van der Waals surface area (Å²) >= 11 is 0. The van der Waals surface area contributed by atoms with E-state index in [2.05, 4.69) is 50.0 Å². The standard InChI is InChI=1S/C19H24OSi/c1-5-17(20)19-16-12-13-8-6-7-9-14(13)15(16)10-11-18(19)21(2,3)4/h6-10,16H,5,11-12H2,1-4H3/t16-/m0/s1. The van der Waals surface area contributed by atoms with E-state index in [1.807, 2.05) is 6.92 Å². The zero-order valence-corrected chi connectivity index (χ0v) is 14.5. The van der Waals surface area contributed by atoms with Crippen molar-refractivity contribution in [2.75, 3.05) is 0 Å². The van der Waals surface area contributed by atoms with E-state index in [0.717, 1.165) is 12.8 Å². The van der Waals surface area contributed by atoms with Gasteiger partial charge in [0.1, 0.15) is 0 Å². The molecular formula is C19H24OSi. The van der Waals surface area contributed by atoms with Crippen molar-refractivity contribution in [2.24, 2.45) is 5.92 Å². The zero-order valence-electron chi connectivity index (χ0n) is 13.5. The van der Waals surface area contributed by atoms with Gasteiger partial charge in [-0.2, -0.15) is 0 Å². The van der Waals surface area contributed by atoms with E-state index in [1.165, 1.54) is 27.5 Å². The molecule has 0 spiro atoms. The number of benzene rings is 1. The maximum atomic E-state index is 12.7. The molecule has 0 saturated carbocycles. The summed E-state index contributed by atoms with van der Waals surface area (Å²) in [5.74, 6) is 0.696. The van der Waals surface area contributed by atoms with Crippen LogP contribution in [0.5, 0.6) is 0 Å². The summed E-state index contributed by atoms with van der Waals surface area (Å²) in [5, 5.41) is 1.48. The monoisotopic (exact) mass is 296 g/mol. The first-order valence-electron chi connectivity index (χ1n) is 7.98. The molecule has 0 saturated heterocycles. The Morgan fingerprint density at radius 3 is 2.62 bits per heavy atom. The van der Waals surface area contributed by atoms with Crippen LogP contribution in [0, 0.1) is 5.92 Å². The Morgan fingerprint density at radius 1 is 1.24 bits per heavy atom. The molecule has 110 valence electrons. The summed E-state index contributed by atoms with van der Waals surface area (Å²) < 4.78 is 0. The number of hydrogen-bond donors (Lipinski definition) is 0. The first-order valence-corrected chi connectivity index (χ1v) is 11.5. The number of carbonyl (C=O) groups is 1. The topological polar surface area (TPSA) is 17.1 Å². The zero-order chi connectivity index (χ0) is 15.2. The molecule has 1 nitrogen and oxygen atoms in total. The summed E-state index contributed by atoms with van der Waals surface area (Å²) in [7, 11) is -1.45. The second-order valence-corrected chi connectivity index (χ2v) is 12.3. The Kier molecular flexibility index (Phi) is 3.52. The molecule has 0 N–H and O–H groups in total. The van der Waals surface area contributed by atoms with E-state index in [-0.39, 0.29) is 0 Å². The van der Waals surface area contributed by atoms with Crippen molar-refractivity contribution in [2.45, 2.75) is 45.8 Å². The van der Waals surface area contributed by atoms with Crippen LogP contribution in [0.3, 0.4) is 0 Å². The highest BCUT2D eigenvalue weighted by atomic mass is 28.3. The van der Waals surface area contributed by atoms with Crippen molar-refractivity contribution >= 4 is 19.4 Å². The smallest absolute Gasteiger partial charge is 0.158 e. The highest BCUT2D eigenvalue weighted by molar-refractivity contribution is 6.83. The van der Waals surface area contributed by atoms with E-state index < -0.39 is 8.07 Å². The lowest BCUT2D eigenvalue weighted by Gasteiger charge is -2.31. The van der Waals surface area contributed by atoms with E-state index in [9.17, 15) is 4.79 Å². The van der Waals surface area contributed by atoms with Crippen LogP contribution in [-0.4, -0.2) is 13.9 Å². The number of rotatable bonds is 3. The Morgan fingerprint density at radius 2 is 1.95 bits per heavy atom. The van der Waals surface area contributed by atoms with Crippen molar-refractivity contribution in [1.29, 1.82) is 0 Å². The highest BCUT2D eigenvalue weighted by Crippen LogP contribution is 2.47. The lowest BCUT2D eigenvalue weighted by molar-refractivity contribution is -0.115. The first-order chi connectivity index (χ1) is 9.93. The SMILES string of the molecule is CCC(=O)C1=C([Si](C)(C)C)CC=C2c3ccccc3C[C@@H]21. The number of fused-ring (bicyclic) bond motifs is 3. The second kappa shape index (κ2) is 5.10. The third-order valence-corrected chi connectivity index (χ3v) is 7.14. The molecule has 2 heteroatoms. The van der Waals surface area contributed by atoms with Gasteiger partial charge < -0.3 is 0 Å². The molecule has 0 heterocycles. The summed E-state index contributed by atoms with van der Waals surface area (Å²) in [6, 6.07) is 8.66. The molecule has 1 aromatic carbocycles. The summed E-state index contributed by atoms with van der Waals surface area (Å²) in [6.07, 6.45) is 5.02. The van der Waals surface area contributed by atoms with Gasteiger partial charge in [0.15, 0.2) is 5.78 Å². The fraction of sp³-hybridized carbons (Fsp3) is 0.421. The van der Waals surface area contributed by atoms with Crippen molar-refractivity contribution in [1.82, 2.24) is 0 Å². The van der Waals surface area contributed by atoms with Gasteiger partial charge in [-0.1, -0.05) is 62.1 Å². The van der Waals surface area contributed by atoms with Crippen LogP contribution in [0.25, 0.3) is 5.57 Å². The third kappa shape index (κ3) is 2.36. The van der Waals surface area contributed by atoms with Gasteiger partial charge in [0.2, 0.25) is 0 Å². The lowest BCUT2D eigenvalue weighted by Crippen LogP contribution is -2.31. The molecule has 21 heavy (non-hydrogen) atoms. The van der Waals surface area contributed by atoms with Gasteiger partial charge >= 0.3 is 0 Å². The second-order valence-electron chi connectivity index (χ2n) is 7.20. The lowest BCUT2D eigenvalue weighted by atomic mass is 9.83. The van der Waals surface area contributed by atoms with Gasteiger partial charge in [0.05, 0.1) is 8.07 Å². The van der Waals surface area contributed by atoms with Crippen LogP contribution in [0.15, 0.2) is 41.1 Å². The highest BCUT2D eigenvalue weighted by Gasteiger charge is 2.38. The predicted molar refractivity (Wildman–Crippen MR) is 91.9 cm³/mol. The summed E-state index contributed by atoms with van der Waals surface area (Å²) in [6.45, 7) is 9.10. The van der Waals surface area contributed by atoms with Gasteiger partial charge in [-0.3, -0.25) is 4.79 Å². The van der Waals surface area contributed by atoms with Gasteiger partial charge in [0.25, 0.3) is 0 Å². The van der Waals surface area contributed by atoms with E-state index in [4.69, 9.17) is 0 Å².